The van der Waals surface area contributed by atoms with Crippen molar-refractivity contribution in [3.63, 3.8) is 0 Å². The normalized spacial score (nSPS) is 14.1. The van der Waals surface area contributed by atoms with Gasteiger partial charge in [0.2, 0.25) is 0 Å². The summed E-state index contributed by atoms with van der Waals surface area (Å²) in [4.78, 5) is 0. The zero-order valence-corrected chi connectivity index (χ0v) is 9.40. The smallest absolute Gasteiger partial charge is 0.389 e. The maximum Gasteiger partial charge on any atom is 0.389 e. The van der Waals surface area contributed by atoms with Crippen molar-refractivity contribution in [3.05, 3.63) is 23.7 Å². The van der Waals surface area contributed by atoms with E-state index in [-0.39, 0.29) is 12.5 Å². The Balaban J connectivity index is 2.67. The summed E-state index contributed by atoms with van der Waals surface area (Å²) in [6.45, 7) is 1.92. The van der Waals surface area contributed by atoms with Crippen LogP contribution in [0.25, 0.3) is 0 Å². The van der Waals surface area contributed by atoms with Gasteiger partial charge in [-0.05, 0) is 19.5 Å². The Hall–Kier alpha value is -0.970. The summed E-state index contributed by atoms with van der Waals surface area (Å²) in [5.41, 5.74) is 0.828. The summed E-state index contributed by atoms with van der Waals surface area (Å²) in [6.07, 6.45) is -2.65. The molecule has 0 fully saturated rings. The Kier molecular flexibility index (Phi) is 4.41. The van der Waals surface area contributed by atoms with Crippen molar-refractivity contribution in [2.24, 2.45) is 0 Å². The quantitative estimate of drug-likeness (QED) is 0.845. The van der Waals surface area contributed by atoms with E-state index >= 15 is 0 Å². The number of alkyl halides is 3. The van der Waals surface area contributed by atoms with Gasteiger partial charge in [0.15, 0.2) is 0 Å². The molecule has 2 nitrogen and oxygen atoms in total. The van der Waals surface area contributed by atoms with Gasteiger partial charge in [0.25, 0.3) is 0 Å². The van der Waals surface area contributed by atoms with Crippen LogP contribution >= 0.6 is 0 Å². The summed E-state index contributed by atoms with van der Waals surface area (Å²) in [5, 5.41) is 2.89. The highest BCUT2D eigenvalue weighted by molar-refractivity contribution is 5.21. The van der Waals surface area contributed by atoms with Crippen LogP contribution in [0.5, 0.6) is 0 Å². The van der Waals surface area contributed by atoms with Gasteiger partial charge < -0.3 is 9.73 Å². The third kappa shape index (κ3) is 3.56. The van der Waals surface area contributed by atoms with Crippen LogP contribution in [0.2, 0.25) is 0 Å². The van der Waals surface area contributed by atoms with Crippen molar-refractivity contribution in [1.82, 2.24) is 5.32 Å². The molecule has 0 aliphatic carbocycles. The minimum Gasteiger partial charge on any atom is -0.469 e. The van der Waals surface area contributed by atoms with Crippen LogP contribution in [0.3, 0.4) is 0 Å². The molecule has 1 unspecified atom stereocenters. The van der Waals surface area contributed by atoms with E-state index in [1.54, 1.807) is 13.1 Å². The molecule has 16 heavy (non-hydrogen) atoms. The Labute approximate surface area is 92.8 Å². The SMILES string of the molecule is CCc1occc1C(CCC(F)(F)F)NC. The summed E-state index contributed by atoms with van der Waals surface area (Å²) in [7, 11) is 1.66. The first-order valence-electron chi connectivity index (χ1n) is 5.28. The third-order valence-corrected chi connectivity index (χ3v) is 2.54. The molecule has 0 saturated carbocycles. The molecule has 1 aromatic rings. The molecule has 0 amide bonds. The third-order valence-electron chi connectivity index (χ3n) is 2.54. The van der Waals surface area contributed by atoms with Crippen molar-refractivity contribution in [2.45, 2.75) is 38.4 Å². The van der Waals surface area contributed by atoms with Crippen molar-refractivity contribution in [2.75, 3.05) is 7.05 Å². The van der Waals surface area contributed by atoms with Crippen LogP contribution in [0.1, 0.15) is 37.1 Å². The van der Waals surface area contributed by atoms with Crippen LogP contribution < -0.4 is 5.32 Å². The molecular formula is C11H16F3NO. The Bertz CT molecular complexity index is 319. The molecule has 1 heterocycles. The lowest BCUT2D eigenvalue weighted by molar-refractivity contribution is -0.136. The average molecular weight is 235 g/mol. The Morgan fingerprint density at radius 2 is 2.12 bits per heavy atom. The van der Waals surface area contributed by atoms with E-state index in [4.69, 9.17) is 4.42 Å². The fourth-order valence-corrected chi connectivity index (χ4v) is 1.71. The van der Waals surface area contributed by atoms with Crippen molar-refractivity contribution in [1.29, 1.82) is 0 Å². The van der Waals surface area contributed by atoms with Crippen molar-refractivity contribution < 1.29 is 17.6 Å². The highest BCUT2D eigenvalue weighted by Crippen LogP contribution is 2.29. The van der Waals surface area contributed by atoms with Gasteiger partial charge in [-0.25, -0.2) is 0 Å². The molecule has 5 heteroatoms. The number of nitrogens with one attached hydrogen (secondary N) is 1. The molecule has 1 aromatic heterocycles. The molecule has 1 rings (SSSR count). The molecule has 0 saturated heterocycles. The summed E-state index contributed by atoms with van der Waals surface area (Å²) in [5.74, 6) is 0.751. The van der Waals surface area contributed by atoms with Crippen LogP contribution in [-0.4, -0.2) is 13.2 Å². The van der Waals surface area contributed by atoms with E-state index in [0.29, 0.717) is 6.42 Å². The highest BCUT2D eigenvalue weighted by Gasteiger charge is 2.29. The highest BCUT2D eigenvalue weighted by atomic mass is 19.4. The van der Waals surface area contributed by atoms with E-state index in [1.165, 1.54) is 6.26 Å². The van der Waals surface area contributed by atoms with Gasteiger partial charge >= 0.3 is 6.18 Å². The molecular weight excluding hydrogens is 219 g/mol. The number of furan rings is 1. The average Bonchev–Trinajstić information content (AvgIpc) is 2.65. The second-order valence-corrected chi connectivity index (χ2v) is 3.65. The van der Waals surface area contributed by atoms with Gasteiger partial charge in [0, 0.05) is 24.4 Å². The van der Waals surface area contributed by atoms with Gasteiger partial charge in [0.05, 0.1) is 6.26 Å². The number of aryl methyl sites for hydroxylation is 1. The fraction of sp³-hybridized carbons (Fsp3) is 0.636. The molecule has 92 valence electrons. The minimum atomic E-state index is -4.11. The summed E-state index contributed by atoms with van der Waals surface area (Å²) >= 11 is 0. The van der Waals surface area contributed by atoms with Crippen LogP contribution in [0, 0.1) is 0 Å². The van der Waals surface area contributed by atoms with Crippen LogP contribution in [0.4, 0.5) is 13.2 Å². The standard InChI is InChI=1S/C11H16F3NO/c1-3-10-8(5-7-16-10)9(15-2)4-6-11(12,13)14/h5,7,9,15H,3-4,6H2,1-2H3. The minimum absolute atomic E-state index is 0.0343. The van der Waals surface area contributed by atoms with Gasteiger partial charge in [-0.2, -0.15) is 13.2 Å². The van der Waals surface area contributed by atoms with Crippen molar-refractivity contribution in [3.8, 4) is 0 Å². The summed E-state index contributed by atoms with van der Waals surface area (Å²) in [6, 6.07) is 1.44. The molecule has 1 atom stereocenters. The first-order chi connectivity index (χ1) is 7.48. The molecule has 0 spiro atoms. The van der Waals surface area contributed by atoms with Gasteiger partial charge in [0.1, 0.15) is 5.76 Å². The second-order valence-electron chi connectivity index (χ2n) is 3.65. The molecule has 0 radical (unpaired) electrons. The first-order valence-corrected chi connectivity index (χ1v) is 5.28. The topological polar surface area (TPSA) is 25.2 Å². The van der Waals surface area contributed by atoms with E-state index in [1.807, 2.05) is 6.92 Å². The molecule has 0 aromatic carbocycles. The zero-order valence-electron chi connectivity index (χ0n) is 9.40. The number of halogens is 3. The lowest BCUT2D eigenvalue weighted by atomic mass is 10.0. The van der Waals surface area contributed by atoms with Crippen LogP contribution in [0.15, 0.2) is 16.7 Å². The maximum atomic E-state index is 12.1. The molecule has 0 aliphatic rings. The first kappa shape index (κ1) is 13.1. The Morgan fingerprint density at radius 3 is 2.62 bits per heavy atom. The van der Waals surface area contributed by atoms with Gasteiger partial charge in [-0.1, -0.05) is 6.92 Å². The molecule has 0 aliphatic heterocycles. The van der Waals surface area contributed by atoms with E-state index < -0.39 is 12.6 Å². The number of hydrogen-bond acceptors (Lipinski definition) is 2. The molecule has 1 N–H and O–H groups in total. The number of hydrogen-bond donors (Lipinski definition) is 1. The van der Waals surface area contributed by atoms with Gasteiger partial charge in [-0.3, -0.25) is 0 Å². The van der Waals surface area contributed by atoms with Gasteiger partial charge in [-0.15, -0.1) is 0 Å². The zero-order chi connectivity index (χ0) is 12.2. The van der Waals surface area contributed by atoms with Crippen molar-refractivity contribution >= 4 is 0 Å². The van der Waals surface area contributed by atoms with E-state index in [9.17, 15) is 13.2 Å². The number of rotatable bonds is 5. The predicted molar refractivity (Wildman–Crippen MR) is 55.2 cm³/mol. The lowest BCUT2D eigenvalue weighted by Gasteiger charge is -2.17. The Morgan fingerprint density at radius 1 is 1.44 bits per heavy atom. The fourth-order valence-electron chi connectivity index (χ4n) is 1.71. The molecule has 0 bridgehead atoms. The van der Waals surface area contributed by atoms with E-state index in [0.717, 1.165) is 11.3 Å². The monoisotopic (exact) mass is 235 g/mol. The van der Waals surface area contributed by atoms with E-state index in [2.05, 4.69) is 5.32 Å². The largest absolute Gasteiger partial charge is 0.469 e. The lowest BCUT2D eigenvalue weighted by Crippen LogP contribution is -2.20. The second kappa shape index (κ2) is 5.39. The van der Waals surface area contributed by atoms with Crippen LogP contribution in [-0.2, 0) is 6.42 Å². The summed E-state index contributed by atoms with van der Waals surface area (Å²) < 4.78 is 41.6. The maximum absolute atomic E-state index is 12.1. The predicted octanol–water partition coefficient (Wildman–Crippen LogP) is 3.45.